The van der Waals surface area contributed by atoms with Crippen LogP contribution in [0.25, 0.3) is 0 Å². The molecule has 3 aromatic rings. The van der Waals surface area contributed by atoms with Crippen LogP contribution >= 0.6 is 12.2 Å². The van der Waals surface area contributed by atoms with Gasteiger partial charge in [0.25, 0.3) is 5.91 Å². The van der Waals surface area contributed by atoms with Crippen molar-refractivity contribution in [1.82, 2.24) is 4.90 Å². The number of halogens is 1. The fraction of sp³-hybridized carbons (Fsp3) is 0.185. The second kappa shape index (κ2) is 11.1. The average Bonchev–Trinajstić information content (AvgIpc) is 3.12. The summed E-state index contributed by atoms with van der Waals surface area (Å²) in [5, 5.41) is 3.03. The van der Waals surface area contributed by atoms with Crippen molar-refractivity contribution in [2.75, 3.05) is 23.9 Å². The summed E-state index contributed by atoms with van der Waals surface area (Å²) in [4.78, 5) is 41.1. The molecule has 0 bridgehead atoms. The molecule has 0 radical (unpaired) electrons. The summed E-state index contributed by atoms with van der Waals surface area (Å²) in [6, 6.07) is 20.7. The first kappa shape index (κ1) is 25.0. The lowest BCUT2D eigenvalue weighted by Gasteiger charge is -2.24. The molecule has 1 heterocycles. The number of carbonyl (C=O) groups is 3. The van der Waals surface area contributed by atoms with Crippen LogP contribution in [0.4, 0.5) is 15.8 Å². The van der Waals surface area contributed by atoms with Crippen molar-refractivity contribution in [3.63, 3.8) is 0 Å². The quantitative estimate of drug-likeness (QED) is 0.366. The molecular formula is C27H24FN3O4S. The normalized spacial score (nSPS) is 15.2. The van der Waals surface area contributed by atoms with Gasteiger partial charge in [-0.3, -0.25) is 14.5 Å². The van der Waals surface area contributed by atoms with Crippen molar-refractivity contribution in [2.45, 2.75) is 18.9 Å². The van der Waals surface area contributed by atoms with E-state index in [-0.39, 0.29) is 23.3 Å². The van der Waals surface area contributed by atoms with E-state index < -0.39 is 17.8 Å². The van der Waals surface area contributed by atoms with Gasteiger partial charge in [0, 0.05) is 12.2 Å². The van der Waals surface area contributed by atoms with E-state index in [2.05, 4.69) is 10.1 Å². The summed E-state index contributed by atoms with van der Waals surface area (Å²) in [5.74, 6) is -1.64. The van der Waals surface area contributed by atoms with Crippen LogP contribution in [0.1, 0.15) is 22.3 Å². The van der Waals surface area contributed by atoms with Crippen LogP contribution in [0.3, 0.4) is 0 Å². The van der Waals surface area contributed by atoms with Crippen LogP contribution in [0.2, 0.25) is 0 Å². The summed E-state index contributed by atoms with van der Waals surface area (Å²) in [5.41, 5.74) is 2.35. The highest BCUT2D eigenvalue weighted by atomic mass is 32.1. The van der Waals surface area contributed by atoms with Crippen LogP contribution in [0.15, 0.2) is 78.9 Å². The maximum absolute atomic E-state index is 13.5. The van der Waals surface area contributed by atoms with E-state index in [1.165, 1.54) is 36.3 Å². The molecule has 1 N–H and O–H groups in total. The fourth-order valence-corrected chi connectivity index (χ4v) is 4.42. The van der Waals surface area contributed by atoms with Crippen LogP contribution < -0.4 is 10.2 Å². The number of methoxy groups -OCH3 is 1. The molecule has 184 valence electrons. The van der Waals surface area contributed by atoms with E-state index >= 15 is 0 Å². The molecular weight excluding hydrogens is 481 g/mol. The molecule has 4 rings (SSSR count). The molecule has 7 nitrogen and oxygen atoms in total. The minimum absolute atomic E-state index is 0.135. The van der Waals surface area contributed by atoms with Gasteiger partial charge in [-0.25, -0.2) is 9.18 Å². The van der Waals surface area contributed by atoms with Gasteiger partial charge in [0.05, 0.1) is 24.8 Å². The van der Waals surface area contributed by atoms with E-state index in [1.807, 2.05) is 30.3 Å². The van der Waals surface area contributed by atoms with Gasteiger partial charge in [-0.1, -0.05) is 30.3 Å². The van der Waals surface area contributed by atoms with E-state index in [0.717, 1.165) is 5.56 Å². The summed E-state index contributed by atoms with van der Waals surface area (Å²) >= 11 is 5.64. The summed E-state index contributed by atoms with van der Waals surface area (Å²) in [7, 11) is 1.29. The van der Waals surface area contributed by atoms with Crippen LogP contribution in [0, 0.1) is 5.82 Å². The zero-order valence-electron chi connectivity index (χ0n) is 19.5. The SMILES string of the molecule is COC(=O)c1ccc(NC(=O)C[C@@H]2C(=O)N(c3ccc(F)cc3)C(=S)N2CCc2ccccc2)cc1. The Labute approximate surface area is 213 Å². The molecule has 1 aliphatic rings. The van der Waals surface area contributed by atoms with Gasteiger partial charge in [-0.05, 0) is 72.7 Å². The topological polar surface area (TPSA) is 78.9 Å². The summed E-state index contributed by atoms with van der Waals surface area (Å²) < 4.78 is 18.2. The lowest BCUT2D eigenvalue weighted by molar-refractivity contribution is -0.124. The number of thiocarbonyl (C=S) groups is 1. The van der Waals surface area contributed by atoms with E-state index in [0.29, 0.717) is 29.9 Å². The van der Waals surface area contributed by atoms with Crippen molar-refractivity contribution in [1.29, 1.82) is 0 Å². The van der Waals surface area contributed by atoms with E-state index in [1.54, 1.807) is 29.2 Å². The smallest absolute Gasteiger partial charge is 0.337 e. The molecule has 0 saturated carbocycles. The largest absolute Gasteiger partial charge is 0.465 e. The number of nitrogens with zero attached hydrogens (tertiary/aromatic N) is 2. The number of amides is 2. The predicted octanol–water partition coefficient (Wildman–Crippen LogP) is 4.19. The van der Waals surface area contributed by atoms with Crippen molar-refractivity contribution >= 4 is 46.5 Å². The highest BCUT2D eigenvalue weighted by Gasteiger charge is 2.43. The van der Waals surface area contributed by atoms with Gasteiger partial charge in [-0.2, -0.15) is 0 Å². The third kappa shape index (κ3) is 5.58. The lowest BCUT2D eigenvalue weighted by Crippen LogP contribution is -2.39. The highest BCUT2D eigenvalue weighted by molar-refractivity contribution is 7.80. The molecule has 1 aliphatic heterocycles. The number of hydrogen-bond acceptors (Lipinski definition) is 5. The molecule has 0 aliphatic carbocycles. The first-order chi connectivity index (χ1) is 17.4. The molecule has 0 aromatic heterocycles. The summed E-state index contributed by atoms with van der Waals surface area (Å²) in [6.45, 7) is 0.429. The van der Waals surface area contributed by atoms with Gasteiger partial charge in [0.15, 0.2) is 5.11 Å². The van der Waals surface area contributed by atoms with Crippen molar-refractivity contribution < 1.29 is 23.5 Å². The Bertz CT molecular complexity index is 1270. The van der Waals surface area contributed by atoms with E-state index in [9.17, 15) is 18.8 Å². The molecule has 0 spiro atoms. The number of carbonyl (C=O) groups excluding carboxylic acids is 3. The minimum atomic E-state index is -0.819. The number of rotatable bonds is 8. The Kier molecular flexibility index (Phi) is 7.70. The number of ether oxygens (including phenoxy) is 1. The summed E-state index contributed by atoms with van der Waals surface area (Å²) in [6.07, 6.45) is 0.489. The number of nitrogens with one attached hydrogen (secondary N) is 1. The number of anilines is 2. The molecule has 9 heteroatoms. The number of benzene rings is 3. The lowest BCUT2D eigenvalue weighted by atomic mass is 10.1. The van der Waals surface area contributed by atoms with Gasteiger partial charge in [-0.15, -0.1) is 0 Å². The molecule has 0 unspecified atom stereocenters. The number of hydrogen-bond donors (Lipinski definition) is 1. The first-order valence-electron chi connectivity index (χ1n) is 11.3. The molecule has 3 aromatic carbocycles. The maximum atomic E-state index is 13.5. The number of esters is 1. The van der Waals surface area contributed by atoms with Crippen molar-refractivity contribution in [2.24, 2.45) is 0 Å². The average molecular weight is 506 g/mol. The molecule has 36 heavy (non-hydrogen) atoms. The second-order valence-electron chi connectivity index (χ2n) is 8.20. The van der Waals surface area contributed by atoms with Crippen LogP contribution in [-0.2, 0) is 20.7 Å². The van der Waals surface area contributed by atoms with Crippen molar-refractivity contribution in [3.05, 3.63) is 95.8 Å². The molecule has 1 saturated heterocycles. The monoisotopic (exact) mass is 505 g/mol. The van der Waals surface area contributed by atoms with Gasteiger partial charge in [0.1, 0.15) is 11.9 Å². The third-order valence-corrected chi connectivity index (χ3v) is 6.27. The maximum Gasteiger partial charge on any atom is 0.337 e. The Hall–Kier alpha value is -4.11. The third-order valence-electron chi connectivity index (χ3n) is 5.86. The Morgan fingerprint density at radius 1 is 1.00 bits per heavy atom. The molecule has 2 amide bonds. The first-order valence-corrected chi connectivity index (χ1v) is 11.7. The van der Waals surface area contributed by atoms with Crippen LogP contribution in [0.5, 0.6) is 0 Å². The van der Waals surface area contributed by atoms with Gasteiger partial charge < -0.3 is 15.0 Å². The second-order valence-corrected chi connectivity index (χ2v) is 8.56. The Morgan fingerprint density at radius 3 is 2.31 bits per heavy atom. The molecule has 1 fully saturated rings. The fourth-order valence-electron chi connectivity index (χ4n) is 4.00. The predicted molar refractivity (Wildman–Crippen MR) is 138 cm³/mol. The standard InChI is InChI=1S/C27H24FN3O4S/c1-35-26(34)19-7-11-21(12-8-19)29-24(32)17-23-25(33)31(22-13-9-20(28)10-14-22)27(36)30(23)16-15-18-5-3-2-4-6-18/h2-14,23H,15-17H2,1H3,(H,29,32)/t23-/m1/s1. The zero-order chi connectivity index (χ0) is 25.7. The zero-order valence-corrected chi connectivity index (χ0v) is 20.3. The van der Waals surface area contributed by atoms with Crippen molar-refractivity contribution in [3.8, 4) is 0 Å². The highest BCUT2D eigenvalue weighted by Crippen LogP contribution is 2.28. The van der Waals surface area contributed by atoms with Crippen LogP contribution in [-0.4, -0.2) is 47.5 Å². The Balaban J connectivity index is 1.52. The minimum Gasteiger partial charge on any atom is -0.465 e. The van der Waals surface area contributed by atoms with E-state index in [4.69, 9.17) is 12.2 Å². The Morgan fingerprint density at radius 2 is 1.67 bits per heavy atom. The molecule has 1 atom stereocenters. The van der Waals surface area contributed by atoms with Gasteiger partial charge in [0.2, 0.25) is 5.91 Å². The van der Waals surface area contributed by atoms with Gasteiger partial charge >= 0.3 is 5.97 Å².